The number of carbonyl (C=O) groups is 2. The summed E-state index contributed by atoms with van der Waals surface area (Å²) >= 11 is 0. The number of nitrogens with one attached hydrogen (secondary N) is 4. The molecule has 4 atom stereocenters. The van der Waals surface area contributed by atoms with E-state index in [-0.39, 0.29) is 36.4 Å². The lowest BCUT2D eigenvalue weighted by atomic mass is 9.83. The minimum absolute atomic E-state index is 0.0228. The molecule has 7 heteroatoms. The van der Waals surface area contributed by atoms with Crippen LogP contribution in [-0.4, -0.2) is 56.9 Å². The lowest BCUT2D eigenvalue weighted by Crippen LogP contribution is -2.57. The summed E-state index contributed by atoms with van der Waals surface area (Å²) in [4.78, 5) is 25.2. The Morgan fingerprint density at radius 1 is 0.825 bits per heavy atom. The fraction of sp³-hybridized carbons (Fsp3) is 0.879. The number of carbonyl (C=O) groups excluding carboxylic acids is 2. The fourth-order valence-electron chi connectivity index (χ4n) is 5.93. The molecule has 1 aliphatic carbocycles. The standard InChI is InChI=1S/C33H62N4O3/c1-3-4-5-6-7-8-9-10-11-12-13-14-15-16-17-20-23-36-32(38)30-22-19-18-21-29(30)27-40-33(39)37-28(2)31-26-34-24-25-35-31/h18-19,28-31,34-35H,3-17,20-27H2,1-2H3,(H,36,38)(H,37,39). The molecule has 4 N–H and O–H groups in total. The Morgan fingerprint density at radius 3 is 1.98 bits per heavy atom. The zero-order chi connectivity index (χ0) is 28.7. The second kappa shape index (κ2) is 23.0. The first-order valence-corrected chi connectivity index (χ1v) is 16.9. The molecule has 7 nitrogen and oxygen atoms in total. The molecule has 0 saturated carbocycles. The van der Waals surface area contributed by atoms with Crippen LogP contribution in [0.5, 0.6) is 0 Å². The summed E-state index contributed by atoms with van der Waals surface area (Å²) in [5.41, 5.74) is 0. The van der Waals surface area contributed by atoms with Gasteiger partial charge in [0.25, 0.3) is 0 Å². The van der Waals surface area contributed by atoms with Gasteiger partial charge < -0.3 is 26.0 Å². The Hall–Kier alpha value is -1.60. The average molecular weight is 563 g/mol. The van der Waals surface area contributed by atoms with Crippen LogP contribution in [0.15, 0.2) is 12.2 Å². The van der Waals surface area contributed by atoms with Crippen molar-refractivity contribution < 1.29 is 14.3 Å². The van der Waals surface area contributed by atoms with E-state index in [1.165, 1.54) is 96.3 Å². The maximum absolute atomic E-state index is 12.9. The van der Waals surface area contributed by atoms with Gasteiger partial charge in [-0.25, -0.2) is 4.79 Å². The van der Waals surface area contributed by atoms with Gasteiger partial charge in [-0.2, -0.15) is 0 Å². The quantitative estimate of drug-likeness (QED) is 0.0879. The van der Waals surface area contributed by atoms with Crippen LogP contribution in [0.25, 0.3) is 0 Å². The summed E-state index contributed by atoms with van der Waals surface area (Å²) in [6.07, 6.45) is 26.9. The number of ether oxygens (including phenoxy) is 1. The van der Waals surface area contributed by atoms with E-state index in [2.05, 4.69) is 40.3 Å². The van der Waals surface area contributed by atoms with E-state index < -0.39 is 6.09 Å². The van der Waals surface area contributed by atoms with Gasteiger partial charge in [-0.15, -0.1) is 0 Å². The third kappa shape index (κ3) is 16.0. The van der Waals surface area contributed by atoms with Crippen LogP contribution >= 0.6 is 0 Å². The molecule has 1 heterocycles. The molecule has 2 rings (SSSR count). The summed E-state index contributed by atoms with van der Waals surface area (Å²) in [6, 6.07) is 0.173. The number of alkyl carbamates (subject to hydrolysis) is 1. The molecule has 0 radical (unpaired) electrons. The molecule has 232 valence electrons. The van der Waals surface area contributed by atoms with E-state index in [0.29, 0.717) is 6.42 Å². The molecule has 2 aliphatic rings. The van der Waals surface area contributed by atoms with E-state index in [1.807, 2.05) is 6.92 Å². The van der Waals surface area contributed by atoms with Crippen LogP contribution in [0.3, 0.4) is 0 Å². The number of piperazine rings is 1. The maximum Gasteiger partial charge on any atom is 0.407 e. The van der Waals surface area contributed by atoms with Crippen molar-refractivity contribution in [2.24, 2.45) is 11.8 Å². The summed E-state index contributed by atoms with van der Waals surface area (Å²) in [6.45, 7) is 7.97. The largest absolute Gasteiger partial charge is 0.449 e. The smallest absolute Gasteiger partial charge is 0.407 e. The van der Waals surface area contributed by atoms with Crippen LogP contribution in [0, 0.1) is 11.8 Å². The Kier molecular flexibility index (Phi) is 19.9. The topological polar surface area (TPSA) is 91.5 Å². The molecule has 4 unspecified atom stereocenters. The van der Waals surface area contributed by atoms with Crippen molar-refractivity contribution in [1.82, 2.24) is 21.3 Å². The second-order valence-corrected chi connectivity index (χ2v) is 12.2. The third-order valence-corrected chi connectivity index (χ3v) is 8.68. The van der Waals surface area contributed by atoms with Gasteiger partial charge in [-0.05, 0) is 26.2 Å². The van der Waals surface area contributed by atoms with Gasteiger partial charge in [0.1, 0.15) is 0 Å². The number of hydrogen-bond donors (Lipinski definition) is 4. The maximum atomic E-state index is 12.9. The summed E-state index contributed by atoms with van der Waals surface area (Å²) < 4.78 is 5.55. The molecular weight excluding hydrogens is 500 g/mol. The zero-order valence-electron chi connectivity index (χ0n) is 26.0. The van der Waals surface area contributed by atoms with Gasteiger partial charge in [0.2, 0.25) is 5.91 Å². The minimum atomic E-state index is -0.401. The Balaban J connectivity index is 1.44. The Morgan fingerprint density at radius 2 is 1.40 bits per heavy atom. The van der Waals surface area contributed by atoms with Crippen molar-refractivity contribution >= 4 is 12.0 Å². The van der Waals surface area contributed by atoms with Gasteiger partial charge in [-0.3, -0.25) is 4.79 Å². The predicted octanol–water partition coefficient (Wildman–Crippen LogP) is 6.62. The molecule has 0 bridgehead atoms. The molecule has 40 heavy (non-hydrogen) atoms. The van der Waals surface area contributed by atoms with Crippen molar-refractivity contribution in [2.45, 2.75) is 142 Å². The molecule has 1 aliphatic heterocycles. The highest BCUT2D eigenvalue weighted by molar-refractivity contribution is 5.79. The number of amides is 2. The van der Waals surface area contributed by atoms with Gasteiger partial charge in [0.15, 0.2) is 0 Å². The predicted molar refractivity (Wildman–Crippen MR) is 167 cm³/mol. The molecule has 0 aromatic heterocycles. The van der Waals surface area contributed by atoms with Crippen molar-refractivity contribution in [3.63, 3.8) is 0 Å². The number of allylic oxidation sites excluding steroid dienone is 2. The first-order valence-electron chi connectivity index (χ1n) is 16.9. The van der Waals surface area contributed by atoms with E-state index in [0.717, 1.165) is 39.0 Å². The Labute approximate surface area is 245 Å². The zero-order valence-corrected chi connectivity index (χ0v) is 26.0. The van der Waals surface area contributed by atoms with E-state index in [1.54, 1.807) is 0 Å². The van der Waals surface area contributed by atoms with Crippen molar-refractivity contribution in [3.8, 4) is 0 Å². The molecule has 0 aromatic rings. The van der Waals surface area contributed by atoms with Crippen molar-refractivity contribution in [3.05, 3.63) is 12.2 Å². The lowest BCUT2D eigenvalue weighted by molar-refractivity contribution is -0.127. The SMILES string of the molecule is CCCCCCCCCCCCCCCCCCNC(=O)C1CC=CCC1COC(=O)NC(C)C1CNCCN1. The third-order valence-electron chi connectivity index (χ3n) is 8.68. The summed E-state index contributed by atoms with van der Waals surface area (Å²) in [5.74, 6) is 0.0111. The molecule has 0 aromatic carbocycles. The van der Waals surface area contributed by atoms with Crippen LogP contribution < -0.4 is 21.3 Å². The normalized spacial score (nSPS) is 21.6. The van der Waals surface area contributed by atoms with E-state index >= 15 is 0 Å². The summed E-state index contributed by atoms with van der Waals surface area (Å²) in [7, 11) is 0. The van der Waals surface area contributed by atoms with Gasteiger partial charge in [0.05, 0.1) is 6.61 Å². The number of hydrogen-bond acceptors (Lipinski definition) is 5. The monoisotopic (exact) mass is 562 g/mol. The van der Waals surface area contributed by atoms with Crippen LogP contribution in [0.1, 0.15) is 129 Å². The van der Waals surface area contributed by atoms with Crippen LogP contribution in [0.4, 0.5) is 4.79 Å². The molecule has 1 saturated heterocycles. The molecule has 1 fully saturated rings. The van der Waals surface area contributed by atoms with E-state index in [4.69, 9.17) is 4.74 Å². The van der Waals surface area contributed by atoms with Gasteiger partial charge in [-0.1, -0.05) is 115 Å². The molecular formula is C33H62N4O3. The highest BCUT2D eigenvalue weighted by Gasteiger charge is 2.30. The average Bonchev–Trinajstić information content (AvgIpc) is 2.98. The van der Waals surface area contributed by atoms with Crippen molar-refractivity contribution in [2.75, 3.05) is 32.8 Å². The first-order chi connectivity index (χ1) is 19.6. The second-order valence-electron chi connectivity index (χ2n) is 12.2. The van der Waals surface area contributed by atoms with Gasteiger partial charge in [0, 0.05) is 50.1 Å². The highest BCUT2D eigenvalue weighted by atomic mass is 16.5. The first kappa shape index (κ1) is 34.6. The van der Waals surface area contributed by atoms with E-state index in [9.17, 15) is 9.59 Å². The number of rotatable bonds is 22. The molecule has 2 amide bonds. The summed E-state index contributed by atoms with van der Waals surface area (Å²) in [5, 5.41) is 12.8. The van der Waals surface area contributed by atoms with Crippen LogP contribution in [-0.2, 0) is 9.53 Å². The van der Waals surface area contributed by atoms with Gasteiger partial charge >= 0.3 is 6.09 Å². The minimum Gasteiger partial charge on any atom is -0.449 e. The lowest BCUT2D eigenvalue weighted by Gasteiger charge is -2.30. The fourth-order valence-corrected chi connectivity index (χ4v) is 5.93. The number of unbranched alkanes of at least 4 members (excludes halogenated alkanes) is 15. The molecule has 0 spiro atoms. The highest BCUT2D eigenvalue weighted by Crippen LogP contribution is 2.26. The van der Waals surface area contributed by atoms with Crippen molar-refractivity contribution in [1.29, 1.82) is 0 Å². The Bertz CT molecular complexity index is 681. The van der Waals surface area contributed by atoms with Crippen LogP contribution in [0.2, 0.25) is 0 Å².